The summed E-state index contributed by atoms with van der Waals surface area (Å²) in [5.41, 5.74) is 0.00947. The van der Waals surface area contributed by atoms with E-state index in [0.717, 1.165) is 32.1 Å². The minimum Gasteiger partial charge on any atom is -0.298 e. The Bertz CT molecular complexity index is 475. The standard InChI is InChI=1S/C16H19ClFNO/c1-2-3-4-5-6-10-15(20)12(11-19)16-13(17)8-7-9-14(16)18/h7-9,12H,2-6,10H2,1H3. The highest BCUT2D eigenvalue weighted by molar-refractivity contribution is 6.31. The minimum atomic E-state index is -1.10. The van der Waals surface area contributed by atoms with Crippen molar-refractivity contribution in [3.8, 4) is 6.07 Å². The molecule has 0 N–H and O–H groups in total. The average Bonchev–Trinajstić information content (AvgIpc) is 2.42. The van der Waals surface area contributed by atoms with Crippen LogP contribution in [0, 0.1) is 17.1 Å². The van der Waals surface area contributed by atoms with Crippen LogP contribution in [0.2, 0.25) is 5.02 Å². The zero-order valence-corrected chi connectivity index (χ0v) is 12.4. The Morgan fingerprint density at radius 1 is 1.35 bits per heavy atom. The molecular formula is C16H19ClFNO. The fourth-order valence-electron chi connectivity index (χ4n) is 2.13. The molecule has 0 amide bonds. The van der Waals surface area contributed by atoms with Gasteiger partial charge in [-0.25, -0.2) is 4.39 Å². The quantitative estimate of drug-likeness (QED) is 0.632. The number of halogens is 2. The maximum Gasteiger partial charge on any atom is 0.154 e. The molecule has 2 nitrogen and oxygen atoms in total. The van der Waals surface area contributed by atoms with Crippen molar-refractivity contribution in [3.63, 3.8) is 0 Å². The number of hydrogen-bond acceptors (Lipinski definition) is 2. The van der Waals surface area contributed by atoms with E-state index >= 15 is 0 Å². The second-order valence-electron chi connectivity index (χ2n) is 4.83. The van der Waals surface area contributed by atoms with E-state index in [4.69, 9.17) is 16.9 Å². The molecule has 1 unspecified atom stereocenters. The molecule has 1 rings (SSSR count). The number of nitriles is 1. The van der Waals surface area contributed by atoms with Gasteiger partial charge < -0.3 is 0 Å². The third-order valence-corrected chi connectivity index (χ3v) is 3.60. The lowest BCUT2D eigenvalue weighted by molar-refractivity contribution is -0.119. The summed E-state index contributed by atoms with van der Waals surface area (Å²) in [5.74, 6) is -1.95. The Hall–Kier alpha value is -1.40. The van der Waals surface area contributed by atoms with Crippen LogP contribution in [0.4, 0.5) is 4.39 Å². The van der Waals surface area contributed by atoms with Crippen LogP contribution in [0.5, 0.6) is 0 Å². The average molecular weight is 296 g/mol. The molecule has 0 aromatic heterocycles. The van der Waals surface area contributed by atoms with Gasteiger partial charge in [-0.05, 0) is 18.6 Å². The van der Waals surface area contributed by atoms with E-state index in [-0.39, 0.29) is 16.4 Å². The second kappa shape index (κ2) is 8.71. The van der Waals surface area contributed by atoms with E-state index in [0.29, 0.717) is 6.42 Å². The first kappa shape index (κ1) is 16.7. The maximum absolute atomic E-state index is 13.7. The SMILES string of the molecule is CCCCCCCC(=O)C(C#N)c1c(F)cccc1Cl. The van der Waals surface area contributed by atoms with Gasteiger partial charge in [0, 0.05) is 17.0 Å². The minimum absolute atomic E-state index is 0.00947. The first-order valence-electron chi connectivity index (χ1n) is 6.98. The molecular weight excluding hydrogens is 277 g/mol. The van der Waals surface area contributed by atoms with Crippen molar-refractivity contribution in [2.24, 2.45) is 0 Å². The third kappa shape index (κ3) is 4.61. The highest BCUT2D eigenvalue weighted by Gasteiger charge is 2.25. The Labute approximate surface area is 124 Å². The molecule has 1 aromatic rings. The first-order valence-corrected chi connectivity index (χ1v) is 7.35. The molecule has 0 bridgehead atoms. The number of rotatable bonds is 8. The van der Waals surface area contributed by atoms with Gasteiger partial charge in [0.05, 0.1) is 6.07 Å². The Morgan fingerprint density at radius 2 is 2.05 bits per heavy atom. The van der Waals surface area contributed by atoms with E-state index in [1.165, 1.54) is 18.2 Å². The van der Waals surface area contributed by atoms with Crippen LogP contribution in [0.15, 0.2) is 18.2 Å². The molecule has 4 heteroatoms. The fourth-order valence-corrected chi connectivity index (χ4v) is 2.40. The predicted molar refractivity (Wildman–Crippen MR) is 78.1 cm³/mol. The van der Waals surface area contributed by atoms with E-state index in [9.17, 15) is 9.18 Å². The number of carbonyl (C=O) groups excluding carboxylic acids is 1. The molecule has 0 saturated heterocycles. The van der Waals surface area contributed by atoms with Gasteiger partial charge in [-0.1, -0.05) is 50.3 Å². The van der Waals surface area contributed by atoms with E-state index < -0.39 is 11.7 Å². The van der Waals surface area contributed by atoms with Gasteiger partial charge in [0.2, 0.25) is 0 Å². The normalized spacial score (nSPS) is 11.9. The van der Waals surface area contributed by atoms with E-state index in [2.05, 4.69) is 6.92 Å². The largest absolute Gasteiger partial charge is 0.298 e. The summed E-state index contributed by atoms with van der Waals surface area (Å²) in [7, 11) is 0. The van der Waals surface area contributed by atoms with Gasteiger partial charge in [-0.15, -0.1) is 0 Å². The van der Waals surface area contributed by atoms with Crippen molar-refractivity contribution in [1.82, 2.24) is 0 Å². The zero-order chi connectivity index (χ0) is 15.0. The molecule has 108 valence electrons. The number of carbonyl (C=O) groups is 1. The van der Waals surface area contributed by atoms with Crippen molar-refractivity contribution in [2.75, 3.05) is 0 Å². The van der Waals surface area contributed by atoms with Crippen molar-refractivity contribution < 1.29 is 9.18 Å². The van der Waals surface area contributed by atoms with Crippen molar-refractivity contribution in [2.45, 2.75) is 51.4 Å². The molecule has 0 aliphatic heterocycles. The van der Waals surface area contributed by atoms with Gasteiger partial charge in [-0.3, -0.25) is 4.79 Å². The molecule has 0 saturated carbocycles. The van der Waals surface area contributed by atoms with Crippen molar-refractivity contribution in [1.29, 1.82) is 5.26 Å². The Kier molecular flexibility index (Phi) is 7.25. The highest BCUT2D eigenvalue weighted by Crippen LogP contribution is 2.29. The third-order valence-electron chi connectivity index (χ3n) is 3.27. The van der Waals surface area contributed by atoms with Gasteiger partial charge in [0.25, 0.3) is 0 Å². The Balaban J connectivity index is 2.67. The number of nitrogens with zero attached hydrogens (tertiary/aromatic N) is 1. The van der Waals surface area contributed by atoms with Crippen LogP contribution in [0.25, 0.3) is 0 Å². The van der Waals surface area contributed by atoms with Gasteiger partial charge in [0.1, 0.15) is 11.7 Å². The van der Waals surface area contributed by atoms with Crippen LogP contribution in [-0.2, 0) is 4.79 Å². The molecule has 0 spiro atoms. The lowest BCUT2D eigenvalue weighted by Gasteiger charge is -2.11. The highest BCUT2D eigenvalue weighted by atomic mass is 35.5. The van der Waals surface area contributed by atoms with Gasteiger partial charge in [-0.2, -0.15) is 5.26 Å². The zero-order valence-electron chi connectivity index (χ0n) is 11.7. The summed E-state index contributed by atoms with van der Waals surface area (Å²) < 4.78 is 13.7. The predicted octanol–water partition coefficient (Wildman–Crippen LogP) is 5.02. The molecule has 0 radical (unpaired) electrons. The van der Waals surface area contributed by atoms with Gasteiger partial charge >= 0.3 is 0 Å². The second-order valence-corrected chi connectivity index (χ2v) is 5.24. The molecule has 20 heavy (non-hydrogen) atoms. The van der Waals surface area contributed by atoms with Crippen LogP contribution in [-0.4, -0.2) is 5.78 Å². The molecule has 0 heterocycles. The fraction of sp³-hybridized carbons (Fsp3) is 0.500. The molecule has 0 fully saturated rings. The van der Waals surface area contributed by atoms with Crippen molar-refractivity contribution in [3.05, 3.63) is 34.6 Å². The summed E-state index contributed by atoms with van der Waals surface area (Å²) in [4.78, 5) is 12.1. The Morgan fingerprint density at radius 3 is 2.65 bits per heavy atom. The topological polar surface area (TPSA) is 40.9 Å². The molecule has 1 aromatic carbocycles. The summed E-state index contributed by atoms with van der Waals surface area (Å²) in [6, 6.07) is 6.06. The van der Waals surface area contributed by atoms with E-state index in [1.54, 1.807) is 0 Å². The summed E-state index contributed by atoms with van der Waals surface area (Å²) >= 11 is 5.91. The lowest BCUT2D eigenvalue weighted by Crippen LogP contribution is -2.13. The summed E-state index contributed by atoms with van der Waals surface area (Å²) in [5, 5.41) is 9.28. The summed E-state index contributed by atoms with van der Waals surface area (Å²) in [6.45, 7) is 2.12. The smallest absolute Gasteiger partial charge is 0.154 e. The van der Waals surface area contributed by atoms with Crippen molar-refractivity contribution >= 4 is 17.4 Å². The van der Waals surface area contributed by atoms with E-state index in [1.807, 2.05) is 6.07 Å². The molecule has 1 atom stereocenters. The summed E-state index contributed by atoms with van der Waals surface area (Å²) in [6.07, 6.45) is 5.37. The first-order chi connectivity index (χ1) is 9.61. The van der Waals surface area contributed by atoms with Crippen LogP contribution < -0.4 is 0 Å². The van der Waals surface area contributed by atoms with Crippen LogP contribution in [0.1, 0.15) is 56.9 Å². The maximum atomic E-state index is 13.7. The number of hydrogen-bond donors (Lipinski definition) is 0. The monoisotopic (exact) mass is 295 g/mol. The van der Waals surface area contributed by atoms with Crippen LogP contribution >= 0.6 is 11.6 Å². The number of ketones is 1. The van der Waals surface area contributed by atoms with Crippen LogP contribution in [0.3, 0.4) is 0 Å². The lowest BCUT2D eigenvalue weighted by atomic mass is 9.92. The molecule has 0 aliphatic rings. The number of benzene rings is 1. The number of unbranched alkanes of at least 4 members (excludes halogenated alkanes) is 4. The molecule has 0 aliphatic carbocycles. The number of Topliss-reactive ketones (excluding diaryl/α,β-unsaturated/α-hetero) is 1. The van der Waals surface area contributed by atoms with Gasteiger partial charge in [0.15, 0.2) is 5.78 Å².